The summed E-state index contributed by atoms with van der Waals surface area (Å²) >= 11 is 0. The normalized spacial score (nSPS) is 11.3. The van der Waals surface area contributed by atoms with E-state index in [2.05, 4.69) is 4.72 Å². The molecule has 2 aromatic rings. The average molecular weight is 294 g/mol. The first-order valence-corrected chi connectivity index (χ1v) is 7.27. The van der Waals surface area contributed by atoms with Gasteiger partial charge in [-0.3, -0.25) is 4.72 Å². The van der Waals surface area contributed by atoms with Crippen LogP contribution in [0.3, 0.4) is 0 Å². The molecule has 106 valence electrons. The highest BCUT2D eigenvalue weighted by molar-refractivity contribution is 7.92. The highest BCUT2D eigenvalue weighted by Crippen LogP contribution is 2.23. The molecule has 0 aliphatic rings. The highest BCUT2D eigenvalue weighted by atomic mass is 32.2. The second-order valence-electron chi connectivity index (χ2n) is 4.42. The smallest absolute Gasteiger partial charge is 0.338 e. The zero-order chi connectivity index (χ0) is 14.9. The number of nitrogens with one attached hydrogen (secondary N) is 1. The molecule has 0 atom stereocenters. The molecule has 0 spiro atoms. The lowest BCUT2D eigenvalue weighted by atomic mass is 10.1. The maximum absolute atomic E-state index is 12.2. The molecule has 0 saturated heterocycles. The van der Waals surface area contributed by atoms with Crippen LogP contribution in [0.25, 0.3) is 0 Å². The lowest BCUT2D eigenvalue weighted by Gasteiger charge is -2.11. The summed E-state index contributed by atoms with van der Waals surface area (Å²) in [5, 5.41) is 9.18. The Labute approximate surface area is 116 Å². The van der Waals surface area contributed by atoms with E-state index in [0.717, 1.165) is 0 Å². The maximum atomic E-state index is 12.2. The van der Waals surface area contributed by atoms with E-state index in [-0.39, 0.29) is 16.1 Å². The van der Waals surface area contributed by atoms with Gasteiger partial charge in [0.05, 0.1) is 11.3 Å². The van der Waals surface area contributed by atoms with Crippen molar-refractivity contribution in [2.45, 2.75) is 11.8 Å². The van der Waals surface area contributed by atoms with Crippen LogP contribution in [-0.2, 0) is 17.1 Å². The first-order chi connectivity index (χ1) is 9.31. The molecule has 7 heteroatoms. The van der Waals surface area contributed by atoms with E-state index in [4.69, 9.17) is 0 Å². The minimum Gasteiger partial charge on any atom is -0.478 e. The minimum absolute atomic E-state index is 0.0491. The van der Waals surface area contributed by atoms with Gasteiger partial charge in [0.25, 0.3) is 10.0 Å². The number of nitrogens with zero attached hydrogens (tertiary/aromatic N) is 1. The van der Waals surface area contributed by atoms with Crippen LogP contribution < -0.4 is 4.72 Å². The number of hydrogen-bond donors (Lipinski definition) is 2. The fraction of sp³-hybridized carbons (Fsp3) is 0.154. The molecular weight excluding hydrogens is 280 g/mol. The van der Waals surface area contributed by atoms with Crippen LogP contribution in [0.15, 0.2) is 41.6 Å². The third-order valence-electron chi connectivity index (χ3n) is 2.85. The van der Waals surface area contributed by atoms with E-state index in [1.54, 1.807) is 36.9 Å². The van der Waals surface area contributed by atoms with Crippen LogP contribution in [0.5, 0.6) is 0 Å². The number of aromatic carboxylic acids is 1. The van der Waals surface area contributed by atoms with Gasteiger partial charge in [0, 0.05) is 19.4 Å². The summed E-state index contributed by atoms with van der Waals surface area (Å²) in [5.74, 6) is -1.17. The first-order valence-electron chi connectivity index (χ1n) is 5.79. The van der Waals surface area contributed by atoms with Crippen molar-refractivity contribution < 1.29 is 18.3 Å². The maximum Gasteiger partial charge on any atom is 0.338 e. The molecule has 0 unspecified atom stereocenters. The predicted molar refractivity (Wildman–Crippen MR) is 74.4 cm³/mol. The quantitative estimate of drug-likeness (QED) is 0.900. The van der Waals surface area contributed by atoms with E-state index in [0.29, 0.717) is 5.56 Å². The number of anilines is 1. The SMILES string of the molecule is Cc1cccc(NS(=O)(=O)c2ccn(C)c2)c1C(=O)O. The van der Waals surface area contributed by atoms with Crippen molar-refractivity contribution in [2.24, 2.45) is 7.05 Å². The molecule has 1 aromatic carbocycles. The number of carboxylic acids is 1. The summed E-state index contributed by atoms with van der Waals surface area (Å²) < 4.78 is 28.3. The summed E-state index contributed by atoms with van der Waals surface area (Å²) in [6.45, 7) is 1.61. The van der Waals surface area contributed by atoms with Crippen molar-refractivity contribution in [1.29, 1.82) is 0 Å². The number of aryl methyl sites for hydroxylation is 2. The van der Waals surface area contributed by atoms with Crippen molar-refractivity contribution in [2.75, 3.05) is 4.72 Å². The largest absolute Gasteiger partial charge is 0.478 e. The average Bonchev–Trinajstić information content (AvgIpc) is 2.75. The Kier molecular flexibility index (Phi) is 3.54. The van der Waals surface area contributed by atoms with Gasteiger partial charge in [-0.05, 0) is 24.6 Å². The monoisotopic (exact) mass is 294 g/mol. The number of rotatable bonds is 4. The Morgan fingerprint density at radius 2 is 2.00 bits per heavy atom. The molecule has 1 aromatic heterocycles. The molecule has 0 saturated carbocycles. The van der Waals surface area contributed by atoms with E-state index in [9.17, 15) is 18.3 Å². The number of hydrogen-bond acceptors (Lipinski definition) is 3. The topological polar surface area (TPSA) is 88.4 Å². The van der Waals surface area contributed by atoms with E-state index >= 15 is 0 Å². The molecule has 2 N–H and O–H groups in total. The summed E-state index contributed by atoms with van der Waals surface area (Å²) in [6.07, 6.45) is 3.04. The van der Waals surface area contributed by atoms with Gasteiger partial charge in [-0.15, -0.1) is 0 Å². The minimum atomic E-state index is -3.80. The molecule has 0 aliphatic heterocycles. The Morgan fingerprint density at radius 1 is 1.30 bits per heavy atom. The molecule has 6 nitrogen and oxygen atoms in total. The fourth-order valence-electron chi connectivity index (χ4n) is 1.88. The molecule has 0 bridgehead atoms. The molecule has 0 amide bonds. The zero-order valence-electron chi connectivity index (χ0n) is 11.0. The number of sulfonamides is 1. The second-order valence-corrected chi connectivity index (χ2v) is 6.10. The fourth-order valence-corrected chi connectivity index (χ4v) is 3.00. The van der Waals surface area contributed by atoms with Gasteiger partial charge in [0.15, 0.2) is 0 Å². The van der Waals surface area contributed by atoms with Crippen molar-refractivity contribution in [3.63, 3.8) is 0 Å². The Bertz CT molecular complexity index is 762. The standard InChI is InChI=1S/C13H14N2O4S/c1-9-4-3-5-11(12(9)13(16)17)14-20(18,19)10-6-7-15(2)8-10/h3-8,14H,1-2H3,(H,16,17). The van der Waals surface area contributed by atoms with Gasteiger partial charge in [-0.1, -0.05) is 12.1 Å². The number of aromatic nitrogens is 1. The number of carbonyl (C=O) groups is 1. The zero-order valence-corrected chi connectivity index (χ0v) is 11.8. The van der Waals surface area contributed by atoms with E-state index < -0.39 is 16.0 Å². The number of benzene rings is 1. The van der Waals surface area contributed by atoms with Gasteiger partial charge in [0.2, 0.25) is 0 Å². The van der Waals surface area contributed by atoms with E-state index in [1.165, 1.54) is 18.3 Å². The lowest BCUT2D eigenvalue weighted by molar-refractivity contribution is 0.0697. The predicted octanol–water partition coefficient (Wildman–Crippen LogP) is 1.83. The first kappa shape index (κ1) is 14.1. The van der Waals surface area contributed by atoms with Gasteiger partial charge in [-0.2, -0.15) is 0 Å². The van der Waals surface area contributed by atoms with Crippen LogP contribution >= 0.6 is 0 Å². The van der Waals surface area contributed by atoms with Gasteiger partial charge < -0.3 is 9.67 Å². The third-order valence-corrected chi connectivity index (χ3v) is 4.20. The Hall–Kier alpha value is -2.28. The molecule has 2 rings (SSSR count). The molecule has 0 radical (unpaired) electrons. The molecule has 0 fully saturated rings. The summed E-state index contributed by atoms with van der Waals surface area (Å²) in [7, 11) is -2.10. The van der Waals surface area contributed by atoms with E-state index in [1.807, 2.05) is 0 Å². The summed E-state index contributed by atoms with van der Waals surface area (Å²) in [6, 6.07) is 6.09. The van der Waals surface area contributed by atoms with Crippen molar-refractivity contribution >= 4 is 21.7 Å². The lowest BCUT2D eigenvalue weighted by Crippen LogP contribution is -2.15. The molecular formula is C13H14N2O4S. The van der Waals surface area contributed by atoms with Crippen molar-refractivity contribution in [3.8, 4) is 0 Å². The van der Waals surface area contributed by atoms with Crippen molar-refractivity contribution in [3.05, 3.63) is 47.8 Å². The Morgan fingerprint density at radius 3 is 2.55 bits per heavy atom. The van der Waals surface area contributed by atoms with Crippen LogP contribution in [-0.4, -0.2) is 24.1 Å². The molecule has 0 aliphatic carbocycles. The third kappa shape index (κ3) is 2.67. The van der Waals surface area contributed by atoms with Crippen molar-refractivity contribution in [1.82, 2.24) is 4.57 Å². The second kappa shape index (κ2) is 5.01. The van der Waals surface area contributed by atoms with Gasteiger partial charge >= 0.3 is 5.97 Å². The van der Waals surface area contributed by atoms with Crippen LogP contribution in [0.4, 0.5) is 5.69 Å². The van der Waals surface area contributed by atoms with Gasteiger partial charge in [0.1, 0.15) is 4.90 Å². The van der Waals surface area contributed by atoms with Crippen LogP contribution in [0.1, 0.15) is 15.9 Å². The summed E-state index contributed by atoms with van der Waals surface area (Å²) in [4.78, 5) is 11.3. The number of carboxylic acid groups (broad SMARTS) is 1. The highest BCUT2D eigenvalue weighted by Gasteiger charge is 2.20. The van der Waals surface area contributed by atoms with Crippen LogP contribution in [0.2, 0.25) is 0 Å². The summed E-state index contributed by atoms with van der Waals surface area (Å²) in [5.41, 5.74) is 0.499. The Balaban J connectivity index is 2.45. The van der Waals surface area contributed by atoms with Gasteiger partial charge in [-0.25, -0.2) is 13.2 Å². The molecule has 20 heavy (non-hydrogen) atoms. The van der Waals surface area contributed by atoms with Crippen LogP contribution in [0, 0.1) is 6.92 Å². The molecule has 1 heterocycles.